The van der Waals surface area contributed by atoms with Crippen LogP contribution in [-0.4, -0.2) is 11.9 Å². The summed E-state index contributed by atoms with van der Waals surface area (Å²) in [7, 11) is 0. The summed E-state index contributed by atoms with van der Waals surface area (Å²) in [5.74, 6) is -0.888. The van der Waals surface area contributed by atoms with Crippen molar-refractivity contribution < 1.29 is 18.3 Å². The van der Waals surface area contributed by atoms with Gasteiger partial charge >= 0.3 is 5.97 Å². The van der Waals surface area contributed by atoms with Gasteiger partial charge in [-0.1, -0.05) is 24.3 Å². The molecule has 0 atom stereocenters. The van der Waals surface area contributed by atoms with E-state index in [4.69, 9.17) is 4.74 Å². The quantitative estimate of drug-likeness (QED) is 0.634. The number of carbonyl (C=O) groups excluding carboxylic acids is 1. The number of carbonyl (C=O) groups is 1. The van der Waals surface area contributed by atoms with Crippen LogP contribution in [-0.2, 0) is 16.0 Å². The Hall–Kier alpha value is -2.82. The van der Waals surface area contributed by atoms with Gasteiger partial charge in [0.2, 0.25) is 0 Å². The van der Waals surface area contributed by atoms with Gasteiger partial charge in [0.1, 0.15) is 11.6 Å². The molecule has 0 spiro atoms. The Balaban J connectivity index is 1.70. The number of benzene rings is 2. The molecule has 0 radical (unpaired) electrons. The number of hydrogen-bond donors (Lipinski definition) is 0. The predicted molar refractivity (Wildman–Crippen MR) is 82.6 cm³/mol. The Labute approximate surface area is 131 Å². The fraction of sp³-hybridized carbons (Fsp3) is 0.111. The van der Waals surface area contributed by atoms with E-state index in [-0.39, 0.29) is 17.3 Å². The minimum atomic E-state index is -0.538. The molecule has 0 saturated heterocycles. The summed E-state index contributed by atoms with van der Waals surface area (Å²) in [5.41, 5.74) is 1.64. The molecule has 3 nitrogen and oxygen atoms in total. The predicted octanol–water partition coefficient (Wildman–Crippen LogP) is 3.89. The zero-order chi connectivity index (χ0) is 16.2. The monoisotopic (exact) mass is 313 g/mol. The summed E-state index contributed by atoms with van der Waals surface area (Å²) in [6.07, 6.45) is 2.46. The molecular formula is C18H13F2NO2. The standard InChI is InChI=1S/C18H13F2NO2/c19-14-7-4-13(5-8-14)11-16-18(22)23-17(21-16)9-6-12-2-1-3-15(20)10-12/h1-5,7-8,10-11H,6,9H2/b16-11+. The largest absolute Gasteiger partial charge is 0.407 e. The second-order valence-corrected chi connectivity index (χ2v) is 5.11. The van der Waals surface area contributed by atoms with E-state index in [1.165, 1.54) is 30.3 Å². The molecule has 1 aliphatic heterocycles. The lowest BCUT2D eigenvalue weighted by Gasteiger charge is -2.00. The zero-order valence-corrected chi connectivity index (χ0v) is 12.1. The summed E-state index contributed by atoms with van der Waals surface area (Å²) in [6, 6.07) is 12.0. The molecule has 0 aliphatic carbocycles. The first kappa shape index (κ1) is 15.1. The molecule has 0 fully saturated rings. The Morgan fingerprint density at radius 2 is 1.78 bits per heavy atom. The highest BCUT2D eigenvalue weighted by atomic mass is 19.1. The highest BCUT2D eigenvalue weighted by Gasteiger charge is 2.22. The maximum atomic E-state index is 13.1. The number of cyclic esters (lactones) is 1. The topological polar surface area (TPSA) is 38.7 Å². The first-order chi connectivity index (χ1) is 11.1. The van der Waals surface area contributed by atoms with Crippen molar-refractivity contribution in [2.24, 2.45) is 4.99 Å². The van der Waals surface area contributed by atoms with Crippen LogP contribution in [0.5, 0.6) is 0 Å². The Morgan fingerprint density at radius 1 is 1.00 bits per heavy atom. The number of hydrogen-bond acceptors (Lipinski definition) is 3. The molecule has 0 unspecified atom stereocenters. The number of aryl methyl sites for hydroxylation is 1. The molecule has 0 bridgehead atoms. The van der Waals surface area contributed by atoms with E-state index < -0.39 is 5.97 Å². The van der Waals surface area contributed by atoms with Gasteiger partial charge in [-0.15, -0.1) is 0 Å². The van der Waals surface area contributed by atoms with Crippen molar-refractivity contribution in [1.29, 1.82) is 0 Å². The van der Waals surface area contributed by atoms with Crippen molar-refractivity contribution in [3.05, 3.63) is 77.0 Å². The molecule has 2 aromatic carbocycles. The lowest BCUT2D eigenvalue weighted by molar-refractivity contribution is -0.130. The second kappa shape index (κ2) is 6.52. The summed E-state index contributed by atoms with van der Waals surface area (Å²) < 4.78 is 31.1. The third-order valence-electron chi connectivity index (χ3n) is 3.35. The van der Waals surface area contributed by atoms with Crippen LogP contribution in [0.25, 0.3) is 6.08 Å². The molecule has 3 rings (SSSR count). The average Bonchev–Trinajstić information content (AvgIpc) is 2.88. The number of nitrogens with zero attached hydrogens (tertiary/aromatic N) is 1. The maximum Gasteiger partial charge on any atom is 0.363 e. The fourth-order valence-corrected chi connectivity index (χ4v) is 2.22. The van der Waals surface area contributed by atoms with E-state index in [1.54, 1.807) is 24.3 Å². The molecule has 1 aliphatic rings. The maximum absolute atomic E-state index is 13.1. The van der Waals surface area contributed by atoms with Gasteiger partial charge in [0, 0.05) is 6.42 Å². The third kappa shape index (κ3) is 3.88. The van der Waals surface area contributed by atoms with E-state index in [1.807, 2.05) is 0 Å². The summed E-state index contributed by atoms with van der Waals surface area (Å²) in [4.78, 5) is 15.9. The molecule has 1 heterocycles. The van der Waals surface area contributed by atoms with E-state index in [2.05, 4.69) is 4.99 Å². The molecule has 23 heavy (non-hydrogen) atoms. The van der Waals surface area contributed by atoms with Gasteiger partial charge in [0.25, 0.3) is 0 Å². The molecule has 0 amide bonds. The van der Waals surface area contributed by atoms with Gasteiger partial charge in [-0.3, -0.25) is 0 Å². The highest BCUT2D eigenvalue weighted by Crippen LogP contribution is 2.18. The molecule has 0 aromatic heterocycles. The lowest BCUT2D eigenvalue weighted by atomic mass is 10.1. The van der Waals surface area contributed by atoms with Gasteiger partial charge in [-0.05, 0) is 47.9 Å². The van der Waals surface area contributed by atoms with Crippen molar-refractivity contribution in [1.82, 2.24) is 0 Å². The highest BCUT2D eigenvalue weighted by molar-refractivity contribution is 6.07. The van der Waals surface area contributed by atoms with E-state index in [0.717, 1.165) is 5.56 Å². The van der Waals surface area contributed by atoms with E-state index in [0.29, 0.717) is 24.3 Å². The number of ether oxygens (including phenoxy) is 1. The van der Waals surface area contributed by atoms with Crippen LogP contribution in [0.1, 0.15) is 17.5 Å². The van der Waals surface area contributed by atoms with Crippen molar-refractivity contribution in [2.45, 2.75) is 12.8 Å². The van der Waals surface area contributed by atoms with Crippen LogP contribution in [0.15, 0.2) is 59.2 Å². The zero-order valence-electron chi connectivity index (χ0n) is 12.1. The minimum absolute atomic E-state index is 0.172. The molecule has 5 heteroatoms. The Morgan fingerprint density at radius 3 is 2.52 bits per heavy atom. The number of rotatable bonds is 4. The first-order valence-corrected chi connectivity index (χ1v) is 7.11. The summed E-state index contributed by atoms with van der Waals surface area (Å²) >= 11 is 0. The van der Waals surface area contributed by atoms with E-state index >= 15 is 0 Å². The van der Waals surface area contributed by atoms with Gasteiger partial charge < -0.3 is 4.74 Å². The second-order valence-electron chi connectivity index (χ2n) is 5.11. The molecule has 116 valence electrons. The van der Waals surface area contributed by atoms with Crippen molar-refractivity contribution in [3.63, 3.8) is 0 Å². The van der Waals surface area contributed by atoms with Gasteiger partial charge in [0.15, 0.2) is 11.6 Å². The SMILES string of the molecule is O=C1OC(CCc2cccc(F)c2)=N/C1=C/c1ccc(F)cc1. The number of aliphatic imine (C=N–C) groups is 1. The van der Waals surface area contributed by atoms with Gasteiger partial charge in [-0.25, -0.2) is 18.6 Å². The molecule has 0 N–H and O–H groups in total. The van der Waals surface area contributed by atoms with Crippen LogP contribution >= 0.6 is 0 Å². The average molecular weight is 313 g/mol. The van der Waals surface area contributed by atoms with Crippen molar-refractivity contribution >= 4 is 17.9 Å². The number of esters is 1. The number of halogens is 2. The smallest absolute Gasteiger partial charge is 0.363 e. The molecule has 2 aromatic rings. The minimum Gasteiger partial charge on any atom is -0.407 e. The van der Waals surface area contributed by atoms with Gasteiger partial charge in [0.05, 0.1) is 0 Å². The summed E-state index contributed by atoms with van der Waals surface area (Å²) in [6.45, 7) is 0. The van der Waals surface area contributed by atoms with Gasteiger partial charge in [-0.2, -0.15) is 0 Å². The molecule has 0 saturated carbocycles. The van der Waals surface area contributed by atoms with Crippen molar-refractivity contribution in [3.8, 4) is 0 Å². The third-order valence-corrected chi connectivity index (χ3v) is 3.35. The van der Waals surface area contributed by atoms with Crippen LogP contribution in [0.2, 0.25) is 0 Å². The van der Waals surface area contributed by atoms with E-state index in [9.17, 15) is 13.6 Å². The first-order valence-electron chi connectivity index (χ1n) is 7.11. The lowest BCUT2D eigenvalue weighted by Crippen LogP contribution is -2.05. The van der Waals surface area contributed by atoms with Crippen LogP contribution in [0.4, 0.5) is 8.78 Å². The normalized spacial score (nSPS) is 15.7. The summed E-state index contributed by atoms with van der Waals surface area (Å²) in [5, 5.41) is 0. The fourth-order valence-electron chi connectivity index (χ4n) is 2.22. The van der Waals surface area contributed by atoms with Crippen LogP contribution in [0, 0.1) is 11.6 Å². The Kier molecular flexibility index (Phi) is 4.28. The van der Waals surface area contributed by atoms with Crippen LogP contribution < -0.4 is 0 Å². The Bertz CT molecular complexity index is 795. The molecular weight excluding hydrogens is 300 g/mol. The van der Waals surface area contributed by atoms with Crippen molar-refractivity contribution in [2.75, 3.05) is 0 Å². The van der Waals surface area contributed by atoms with Crippen LogP contribution in [0.3, 0.4) is 0 Å².